The predicted octanol–water partition coefficient (Wildman–Crippen LogP) is 1.21. The highest BCUT2D eigenvalue weighted by molar-refractivity contribution is 7.51. The van der Waals surface area contributed by atoms with Gasteiger partial charge in [-0.1, -0.05) is 0 Å². The number of halogens is 3. The number of carbonyl (C=O) groups is 2. The van der Waals surface area contributed by atoms with Crippen LogP contribution in [-0.2, 0) is 9.36 Å². The fraction of sp³-hybridized carbons (Fsp3) is 0.385. The first-order valence-electron chi connectivity index (χ1n) is 7.03. The number of ether oxygens (including phenoxy) is 1. The van der Waals surface area contributed by atoms with E-state index in [1.54, 1.807) is 0 Å². The first-order valence-corrected chi connectivity index (χ1v) is 8.83. The lowest BCUT2D eigenvalue weighted by molar-refractivity contribution is -0.274. The summed E-state index contributed by atoms with van der Waals surface area (Å²) < 4.78 is 50.3. The van der Waals surface area contributed by atoms with Gasteiger partial charge in [-0.05, 0) is 30.7 Å². The predicted molar refractivity (Wildman–Crippen MR) is 82.1 cm³/mol. The Bertz CT molecular complexity index is 675. The number of benzene rings is 1. The quantitative estimate of drug-likeness (QED) is 0.441. The molecule has 2 amide bonds. The minimum atomic E-state index is -4.87. The molecule has 9 nitrogen and oxygen atoms in total. The summed E-state index contributed by atoms with van der Waals surface area (Å²) in [5.74, 6) is -2.37. The topological polar surface area (TPSA) is 139 Å². The summed E-state index contributed by atoms with van der Waals surface area (Å²) in [6.45, 7) is -1.14. The second-order valence-electron chi connectivity index (χ2n) is 4.99. The molecule has 0 fully saturated rings. The number of amides is 2. The molecule has 0 radical (unpaired) electrons. The average molecular weight is 399 g/mol. The van der Waals surface area contributed by atoms with Crippen LogP contribution in [0.25, 0.3) is 0 Å². The molecule has 0 saturated carbocycles. The van der Waals surface area contributed by atoms with Crippen molar-refractivity contribution in [2.75, 3.05) is 19.3 Å². The lowest BCUT2D eigenvalue weighted by Crippen LogP contribution is -2.37. The molecule has 3 N–H and O–H groups in total. The number of nitrogens with one attached hydrogen (secondary N) is 1. The van der Waals surface area contributed by atoms with E-state index < -0.39 is 50.8 Å². The Hall–Kier alpha value is -2.14. The maximum atomic E-state index is 12.0. The van der Waals surface area contributed by atoms with E-state index in [1.807, 2.05) is 0 Å². The van der Waals surface area contributed by atoms with Crippen molar-refractivity contribution in [2.45, 2.75) is 12.8 Å². The maximum absolute atomic E-state index is 12.0. The number of hydroxylamine groups is 2. The Kier molecular flexibility index (Phi) is 7.57. The van der Waals surface area contributed by atoms with Crippen molar-refractivity contribution >= 4 is 19.4 Å². The molecule has 0 bridgehead atoms. The van der Waals surface area contributed by atoms with Gasteiger partial charge in [0, 0.05) is 12.1 Å². The number of carbonyl (C=O) groups excluding carboxylic acids is 2. The normalized spacial score (nSPS) is 11.8. The summed E-state index contributed by atoms with van der Waals surface area (Å²) in [4.78, 5) is 40.5. The van der Waals surface area contributed by atoms with Gasteiger partial charge in [-0.15, -0.1) is 13.2 Å². The summed E-state index contributed by atoms with van der Waals surface area (Å²) >= 11 is 0. The molecule has 0 heterocycles. The summed E-state index contributed by atoms with van der Waals surface area (Å²) in [5, 5.41) is 13.5. The van der Waals surface area contributed by atoms with Crippen LogP contribution in [0.5, 0.6) is 5.75 Å². The first kappa shape index (κ1) is 21.9. The zero-order valence-corrected chi connectivity index (χ0v) is 14.0. The van der Waals surface area contributed by atoms with E-state index in [9.17, 15) is 32.5 Å². The lowest BCUT2D eigenvalue weighted by Gasteiger charge is -2.28. The second-order valence-corrected chi connectivity index (χ2v) is 6.77. The third-order valence-electron chi connectivity index (χ3n) is 2.84. The molecule has 0 aliphatic rings. The van der Waals surface area contributed by atoms with Crippen molar-refractivity contribution in [1.82, 2.24) is 10.4 Å². The maximum Gasteiger partial charge on any atom is 0.573 e. The van der Waals surface area contributed by atoms with Gasteiger partial charge in [-0.25, -0.2) is 0 Å². The lowest BCUT2D eigenvalue weighted by atomic mass is 10.2. The van der Waals surface area contributed by atoms with Crippen LogP contribution in [0, 0.1) is 5.21 Å². The van der Waals surface area contributed by atoms with Gasteiger partial charge in [0.05, 0.1) is 12.7 Å². The molecular weight excluding hydrogens is 384 g/mol. The molecule has 1 aromatic rings. The Labute approximate surface area is 145 Å². The average Bonchev–Trinajstić information content (AvgIpc) is 2.50. The molecule has 146 valence electrons. The molecule has 1 rings (SSSR count). The van der Waals surface area contributed by atoms with Gasteiger partial charge in [-0.3, -0.25) is 14.2 Å². The van der Waals surface area contributed by atoms with E-state index in [0.717, 1.165) is 24.3 Å². The molecule has 0 spiro atoms. The molecule has 13 heteroatoms. The van der Waals surface area contributed by atoms with Crippen LogP contribution >= 0.6 is 7.60 Å². The summed E-state index contributed by atoms with van der Waals surface area (Å²) in [7, 11) is -4.27. The molecule has 0 saturated heterocycles. The SMILES string of the molecule is O=C(NCC(=O)N([O-])CCCP(=O)(O)O)c1ccc(OC(F)(F)F)cc1. The minimum absolute atomic E-state index is 0.0454. The number of hydrogen-bond donors (Lipinski definition) is 3. The number of nitrogens with zero attached hydrogens (tertiary/aromatic N) is 1. The van der Waals surface area contributed by atoms with Crippen LogP contribution in [0.4, 0.5) is 13.2 Å². The van der Waals surface area contributed by atoms with Gasteiger partial charge in [-0.2, -0.15) is 0 Å². The molecule has 0 aliphatic carbocycles. The van der Waals surface area contributed by atoms with Crippen molar-refractivity contribution in [3.05, 3.63) is 35.0 Å². The summed E-state index contributed by atoms with van der Waals surface area (Å²) in [6, 6.07) is 3.89. The Morgan fingerprint density at radius 3 is 2.31 bits per heavy atom. The zero-order valence-electron chi connectivity index (χ0n) is 13.1. The Morgan fingerprint density at radius 2 is 1.81 bits per heavy atom. The third-order valence-corrected chi connectivity index (χ3v) is 3.74. The van der Waals surface area contributed by atoms with Crippen LogP contribution in [-0.4, -0.2) is 52.3 Å². The van der Waals surface area contributed by atoms with Crippen molar-refractivity contribution in [2.24, 2.45) is 0 Å². The highest BCUT2D eigenvalue weighted by Crippen LogP contribution is 2.34. The van der Waals surface area contributed by atoms with E-state index in [-0.39, 0.29) is 17.0 Å². The van der Waals surface area contributed by atoms with E-state index in [4.69, 9.17) is 9.79 Å². The monoisotopic (exact) mass is 399 g/mol. The molecular formula is C13H15F3N2O7P-. The number of hydrogen-bond acceptors (Lipinski definition) is 5. The second kappa shape index (κ2) is 8.99. The minimum Gasteiger partial charge on any atom is -0.756 e. The molecule has 0 aliphatic heterocycles. The van der Waals surface area contributed by atoms with Crippen LogP contribution in [0.2, 0.25) is 0 Å². The third kappa shape index (κ3) is 8.81. The van der Waals surface area contributed by atoms with E-state index in [1.165, 1.54) is 0 Å². The van der Waals surface area contributed by atoms with Gasteiger partial charge in [0.15, 0.2) is 0 Å². The Balaban J connectivity index is 2.45. The van der Waals surface area contributed by atoms with Gasteiger partial charge in [0.1, 0.15) is 5.75 Å². The number of alkyl halides is 3. The molecule has 1 aromatic carbocycles. The van der Waals surface area contributed by atoms with Crippen LogP contribution in [0.3, 0.4) is 0 Å². The zero-order chi connectivity index (χ0) is 20.0. The first-order chi connectivity index (χ1) is 11.9. The van der Waals surface area contributed by atoms with Crippen molar-refractivity contribution in [3.8, 4) is 5.75 Å². The fourth-order valence-electron chi connectivity index (χ4n) is 1.70. The highest BCUT2D eigenvalue weighted by atomic mass is 31.2. The summed E-state index contributed by atoms with van der Waals surface area (Å²) in [6.07, 6.45) is -5.64. The van der Waals surface area contributed by atoms with Crippen molar-refractivity contribution in [3.63, 3.8) is 0 Å². The van der Waals surface area contributed by atoms with Gasteiger partial charge in [0.25, 0.3) is 5.91 Å². The van der Waals surface area contributed by atoms with Crippen LogP contribution < -0.4 is 10.1 Å². The van der Waals surface area contributed by atoms with Crippen molar-refractivity contribution < 1.29 is 41.8 Å². The van der Waals surface area contributed by atoms with E-state index in [2.05, 4.69) is 10.1 Å². The van der Waals surface area contributed by atoms with E-state index >= 15 is 0 Å². The molecule has 0 unspecified atom stereocenters. The summed E-state index contributed by atoms with van der Waals surface area (Å²) in [5.41, 5.74) is -0.0636. The molecule has 0 aromatic heterocycles. The van der Waals surface area contributed by atoms with Crippen LogP contribution in [0.15, 0.2) is 24.3 Å². The number of rotatable bonds is 8. The van der Waals surface area contributed by atoms with Gasteiger partial charge in [0.2, 0.25) is 5.91 Å². The highest BCUT2D eigenvalue weighted by Gasteiger charge is 2.31. The van der Waals surface area contributed by atoms with Crippen LogP contribution in [0.1, 0.15) is 16.8 Å². The molecule has 26 heavy (non-hydrogen) atoms. The van der Waals surface area contributed by atoms with Crippen molar-refractivity contribution in [1.29, 1.82) is 0 Å². The van der Waals surface area contributed by atoms with Gasteiger partial charge >= 0.3 is 14.0 Å². The smallest absolute Gasteiger partial charge is 0.573 e. The molecule has 0 atom stereocenters. The fourth-order valence-corrected chi connectivity index (χ4v) is 2.25. The van der Waals surface area contributed by atoms with E-state index in [0.29, 0.717) is 0 Å². The standard InChI is InChI=1S/C13H15F3N2O7P/c14-13(15,16)25-10-4-2-9(3-5-10)12(20)17-8-11(19)18(21)6-1-7-26(22,23)24/h2-5H,1,6-8H2,(H,17,20)(H2,22,23,24)/q-1. The largest absolute Gasteiger partial charge is 0.756 e. The Morgan fingerprint density at radius 1 is 1.23 bits per heavy atom. The van der Waals surface area contributed by atoms with Gasteiger partial charge < -0.3 is 30.1 Å².